The summed E-state index contributed by atoms with van der Waals surface area (Å²) in [5, 5.41) is 2.99. The molecule has 0 atom stereocenters. The number of hydrogen-bond donors (Lipinski definition) is 1. The van der Waals surface area contributed by atoms with E-state index in [0.717, 1.165) is 31.1 Å². The second-order valence-corrected chi connectivity index (χ2v) is 5.97. The smallest absolute Gasteiger partial charge is 0.317 e. The summed E-state index contributed by atoms with van der Waals surface area (Å²) >= 11 is 0. The van der Waals surface area contributed by atoms with Crippen LogP contribution in [0.25, 0.3) is 0 Å². The lowest BCUT2D eigenvalue weighted by Crippen LogP contribution is -2.42. The van der Waals surface area contributed by atoms with Gasteiger partial charge in [0.05, 0.1) is 0 Å². The van der Waals surface area contributed by atoms with Crippen LogP contribution in [0.15, 0.2) is 24.5 Å². The van der Waals surface area contributed by atoms with Gasteiger partial charge in [-0.3, -0.25) is 4.98 Å². The molecule has 5 heteroatoms. The molecular formula is C16H26N4O. The van der Waals surface area contributed by atoms with E-state index in [1.54, 1.807) is 17.3 Å². The van der Waals surface area contributed by atoms with Crippen LogP contribution in [0, 0.1) is 5.92 Å². The molecule has 1 aromatic rings. The molecule has 2 amide bonds. The third-order valence-electron chi connectivity index (χ3n) is 4.10. The molecule has 0 saturated carbocycles. The van der Waals surface area contributed by atoms with Crippen molar-refractivity contribution in [2.24, 2.45) is 5.92 Å². The van der Waals surface area contributed by atoms with Gasteiger partial charge in [0.25, 0.3) is 0 Å². The van der Waals surface area contributed by atoms with Gasteiger partial charge in [-0.05, 0) is 49.5 Å². The van der Waals surface area contributed by atoms with Gasteiger partial charge in [-0.15, -0.1) is 0 Å². The molecule has 116 valence electrons. The molecule has 1 aliphatic rings. The summed E-state index contributed by atoms with van der Waals surface area (Å²) < 4.78 is 0. The summed E-state index contributed by atoms with van der Waals surface area (Å²) in [6.07, 6.45) is 6.04. The minimum Gasteiger partial charge on any atom is -0.337 e. The number of carbonyl (C=O) groups excluding carboxylic acids is 1. The number of nitrogens with one attached hydrogen (secondary N) is 1. The standard InChI is InChI=1S/C16H26N4O/c1-14-5-10-20(11-6-14)12-9-18-16(21)19(2)13-15-3-7-17-8-4-15/h3-4,7-8,14H,5-6,9-13H2,1-2H3,(H,18,21). The maximum absolute atomic E-state index is 12.0. The summed E-state index contributed by atoms with van der Waals surface area (Å²) in [7, 11) is 1.82. The number of aromatic nitrogens is 1. The predicted octanol–water partition coefficient (Wildman–Crippen LogP) is 1.95. The van der Waals surface area contributed by atoms with E-state index in [4.69, 9.17) is 0 Å². The van der Waals surface area contributed by atoms with E-state index in [-0.39, 0.29) is 6.03 Å². The molecule has 2 heterocycles. The summed E-state index contributed by atoms with van der Waals surface area (Å²) in [5.41, 5.74) is 1.09. The summed E-state index contributed by atoms with van der Waals surface area (Å²) in [5.74, 6) is 0.849. The molecule has 0 bridgehead atoms. The van der Waals surface area contributed by atoms with E-state index in [9.17, 15) is 4.79 Å². The predicted molar refractivity (Wildman–Crippen MR) is 83.9 cm³/mol. The highest BCUT2D eigenvalue weighted by Gasteiger charge is 2.15. The zero-order chi connectivity index (χ0) is 15.1. The third kappa shape index (κ3) is 5.34. The number of carbonyl (C=O) groups is 1. The van der Waals surface area contributed by atoms with Gasteiger partial charge in [-0.25, -0.2) is 4.79 Å². The SMILES string of the molecule is CC1CCN(CCNC(=O)N(C)Cc2ccncc2)CC1. The molecule has 2 rings (SSSR count). The van der Waals surface area contributed by atoms with Crippen LogP contribution in [0.3, 0.4) is 0 Å². The van der Waals surface area contributed by atoms with E-state index in [2.05, 4.69) is 22.1 Å². The van der Waals surface area contributed by atoms with Crippen molar-refractivity contribution in [3.8, 4) is 0 Å². The second-order valence-electron chi connectivity index (χ2n) is 5.97. The molecular weight excluding hydrogens is 264 g/mol. The Morgan fingerprint density at radius 1 is 1.38 bits per heavy atom. The van der Waals surface area contributed by atoms with Crippen LogP contribution in [0.4, 0.5) is 4.79 Å². The van der Waals surface area contributed by atoms with Crippen molar-refractivity contribution in [3.63, 3.8) is 0 Å². The number of amides is 2. The highest BCUT2D eigenvalue weighted by atomic mass is 16.2. The Labute approximate surface area is 127 Å². The Morgan fingerprint density at radius 2 is 2.05 bits per heavy atom. The summed E-state index contributed by atoms with van der Waals surface area (Å²) in [4.78, 5) is 20.1. The van der Waals surface area contributed by atoms with Gasteiger partial charge in [0.15, 0.2) is 0 Å². The second kappa shape index (κ2) is 7.98. The zero-order valence-electron chi connectivity index (χ0n) is 13.1. The molecule has 1 saturated heterocycles. The highest BCUT2D eigenvalue weighted by Crippen LogP contribution is 2.15. The number of rotatable bonds is 5. The lowest BCUT2D eigenvalue weighted by molar-refractivity contribution is 0.184. The molecule has 0 aromatic carbocycles. The van der Waals surface area contributed by atoms with E-state index in [0.29, 0.717) is 13.1 Å². The number of piperidine rings is 1. The fourth-order valence-corrected chi connectivity index (χ4v) is 2.58. The fraction of sp³-hybridized carbons (Fsp3) is 0.625. The quantitative estimate of drug-likeness (QED) is 0.902. The average Bonchev–Trinajstić information content (AvgIpc) is 2.50. The number of hydrogen-bond acceptors (Lipinski definition) is 3. The van der Waals surface area contributed by atoms with Crippen molar-refractivity contribution in [2.75, 3.05) is 33.2 Å². The van der Waals surface area contributed by atoms with Crippen LogP contribution in [0.5, 0.6) is 0 Å². The molecule has 5 nitrogen and oxygen atoms in total. The van der Waals surface area contributed by atoms with Crippen LogP contribution >= 0.6 is 0 Å². The molecule has 1 aromatic heterocycles. The Balaban J connectivity index is 1.65. The maximum atomic E-state index is 12.0. The highest BCUT2D eigenvalue weighted by molar-refractivity contribution is 5.73. The lowest BCUT2D eigenvalue weighted by Gasteiger charge is -2.30. The summed E-state index contributed by atoms with van der Waals surface area (Å²) in [6, 6.07) is 3.84. The Kier molecular flexibility index (Phi) is 5.99. The minimum atomic E-state index is -0.0165. The van der Waals surface area contributed by atoms with E-state index in [1.807, 2.05) is 19.2 Å². The first-order valence-electron chi connectivity index (χ1n) is 7.75. The molecule has 0 radical (unpaired) electrons. The van der Waals surface area contributed by atoms with Crippen molar-refractivity contribution >= 4 is 6.03 Å². The number of urea groups is 1. The largest absolute Gasteiger partial charge is 0.337 e. The van der Waals surface area contributed by atoms with Crippen LogP contribution in [-0.4, -0.2) is 54.0 Å². The number of pyridine rings is 1. The topological polar surface area (TPSA) is 48.5 Å². The Hall–Kier alpha value is -1.62. The van der Waals surface area contributed by atoms with Crippen molar-refractivity contribution in [1.29, 1.82) is 0 Å². The van der Waals surface area contributed by atoms with Crippen molar-refractivity contribution in [3.05, 3.63) is 30.1 Å². The van der Waals surface area contributed by atoms with Gasteiger partial charge in [-0.2, -0.15) is 0 Å². The van der Waals surface area contributed by atoms with Crippen LogP contribution in [0.2, 0.25) is 0 Å². The molecule has 1 aliphatic heterocycles. The van der Waals surface area contributed by atoms with Gasteiger partial charge < -0.3 is 15.1 Å². The number of likely N-dealkylation sites (tertiary alicyclic amines) is 1. The first-order valence-corrected chi connectivity index (χ1v) is 7.75. The Morgan fingerprint density at radius 3 is 2.71 bits per heavy atom. The average molecular weight is 290 g/mol. The molecule has 0 unspecified atom stereocenters. The van der Waals surface area contributed by atoms with Gasteiger partial charge in [0.1, 0.15) is 0 Å². The van der Waals surface area contributed by atoms with Crippen LogP contribution in [0.1, 0.15) is 25.3 Å². The molecule has 1 N–H and O–H groups in total. The first kappa shape index (κ1) is 15.8. The van der Waals surface area contributed by atoms with Gasteiger partial charge >= 0.3 is 6.03 Å². The molecule has 1 fully saturated rings. The van der Waals surface area contributed by atoms with E-state index >= 15 is 0 Å². The normalized spacial score (nSPS) is 16.7. The van der Waals surface area contributed by atoms with Crippen molar-refractivity contribution in [1.82, 2.24) is 20.1 Å². The molecule has 21 heavy (non-hydrogen) atoms. The Bertz CT molecular complexity index is 429. The van der Waals surface area contributed by atoms with E-state index < -0.39 is 0 Å². The molecule has 0 aliphatic carbocycles. The zero-order valence-corrected chi connectivity index (χ0v) is 13.1. The van der Waals surface area contributed by atoms with Gasteiger partial charge in [0.2, 0.25) is 0 Å². The van der Waals surface area contributed by atoms with Crippen molar-refractivity contribution < 1.29 is 4.79 Å². The van der Waals surface area contributed by atoms with Crippen molar-refractivity contribution in [2.45, 2.75) is 26.3 Å². The monoisotopic (exact) mass is 290 g/mol. The lowest BCUT2D eigenvalue weighted by atomic mass is 9.99. The first-order chi connectivity index (χ1) is 10.1. The number of nitrogens with zero attached hydrogens (tertiary/aromatic N) is 3. The van der Waals surface area contributed by atoms with E-state index in [1.165, 1.54) is 12.8 Å². The minimum absolute atomic E-state index is 0.0165. The fourth-order valence-electron chi connectivity index (χ4n) is 2.58. The van der Waals surface area contributed by atoms with Gasteiger partial charge in [0, 0.05) is 39.1 Å². The van der Waals surface area contributed by atoms with Crippen LogP contribution < -0.4 is 5.32 Å². The van der Waals surface area contributed by atoms with Gasteiger partial charge in [-0.1, -0.05) is 6.92 Å². The maximum Gasteiger partial charge on any atom is 0.317 e. The third-order valence-corrected chi connectivity index (χ3v) is 4.10. The van der Waals surface area contributed by atoms with Crippen LogP contribution in [-0.2, 0) is 6.54 Å². The molecule has 0 spiro atoms. The summed E-state index contributed by atoms with van der Waals surface area (Å²) in [6.45, 7) is 6.89.